The minimum absolute atomic E-state index is 0.312. The second-order valence-corrected chi connectivity index (χ2v) is 3.07. The molecule has 0 aliphatic carbocycles. The third-order valence-corrected chi connectivity index (χ3v) is 1.86. The first kappa shape index (κ1) is 8.04. The quantitative estimate of drug-likeness (QED) is 0.693. The lowest BCUT2D eigenvalue weighted by atomic mass is 10.1. The smallest absolute Gasteiger partial charge is 0.165 e. The lowest BCUT2D eigenvalue weighted by molar-refractivity contribution is 0.339. The molecule has 2 N–H and O–H groups in total. The highest BCUT2D eigenvalue weighted by Gasteiger charge is 2.10. The molecule has 4 nitrogen and oxygen atoms in total. The Bertz CT molecular complexity index is 228. The van der Waals surface area contributed by atoms with Gasteiger partial charge in [-0.25, -0.2) is 0 Å². The van der Waals surface area contributed by atoms with E-state index in [0.29, 0.717) is 17.8 Å². The van der Waals surface area contributed by atoms with E-state index in [-0.39, 0.29) is 0 Å². The molecule has 4 heteroatoms. The van der Waals surface area contributed by atoms with Crippen molar-refractivity contribution in [3.63, 3.8) is 0 Å². The van der Waals surface area contributed by atoms with E-state index in [4.69, 9.17) is 5.73 Å². The molecule has 1 atom stereocenters. The largest absolute Gasteiger partial charge is 0.381 e. The SMILES string of the molecule is CC(C)C(C)n1ncc(N)n1. The van der Waals surface area contributed by atoms with Crippen LogP contribution in [-0.2, 0) is 0 Å². The molecule has 0 bridgehead atoms. The number of nitrogens with two attached hydrogens (primary N) is 1. The van der Waals surface area contributed by atoms with Gasteiger partial charge in [0.05, 0.1) is 12.2 Å². The van der Waals surface area contributed by atoms with Crippen LogP contribution < -0.4 is 5.73 Å². The summed E-state index contributed by atoms with van der Waals surface area (Å²) in [7, 11) is 0. The van der Waals surface area contributed by atoms with Gasteiger partial charge in [0.15, 0.2) is 5.82 Å². The Balaban J connectivity index is 2.76. The Morgan fingerprint density at radius 3 is 2.45 bits per heavy atom. The summed E-state index contributed by atoms with van der Waals surface area (Å²) >= 11 is 0. The van der Waals surface area contributed by atoms with Gasteiger partial charge in [0.2, 0.25) is 0 Å². The highest BCUT2D eigenvalue weighted by atomic mass is 15.5. The molecule has 1 rings (SSSR count). The Morgan fingerprint density at radius 1 is 1.45 bits per heavy atom. The molecule has 1 heterocycles. The lowest BCUT2D eigenvalue weighted by Crippen LogP contribution is -2.14. The molecule has 0 fully saturated rings. The van der Waals surface area contributed by atoms with Crippen molar-refractivity contribution >= 4 is 5.82 Å². The first-order chi connectivity index (χ1) is 5.11. The van der Waals surface area contributed by atoms with Gasteiger partial charge in [0.25, 0.3) is 0 Å². The van der Waals surface area contributed by atoms with E-state index in [1.54, 1.807) is 11.0 Å². The number of anilines is 1. The van der Waals surface area contributed by atoms with Crippen molar-refractivity contribution in [3.05, 3.63) is 6.20 Å². The molecule has 0 aliphatic rings. The molecular weight excluding hydrogens is 140 g/mol. The number of hydrogen-bond donors (Lipinski definition) is 1. The number of nitrogen functional groups attached to an aromatic ring is 1. The van der Waals surface area contributed by atoms with Gasteiger partial charge in [-0.05, 0) is 12.8 Å². The third kappa shape index (κ3) is 1.69. The lowest BCUT2D eigenvalue weighted by Gasteiger charge is -2.13. The topological polar surface area (TPSA) is 56.7 Å². The van der Waals surface area contributed by atoms with Crippen molar-refractivity contribution in [2.75, 3.05) is 5.73 Å². The zero-order valence-electron chi connectivity index (χ0n) is 7.15. The van der Waals surface area contributed by atoms with Gasteiger partial charge in [-0.1, -0.05) is 13.8 Å². The van der Waals surface area contributed by atoms with Crippen LogP contribution in [0.25, 0.3) is 0 Å². The molecule has 0 saturated heterocycles. The van der Waals surface area contributed by atoms with Crippen LogP contribution in [0.3, 0.4) is 0 Å². The monoisotopic (exact) mass is 154 g/mol. The first-order valence-electron chi connectivity index (χ1n) is 3.78. The van der Waals surface area contributed by atoms with Gasteiger partial charge < -0.3 is 5.73 Å². The molecule has 1 unspecified atom stereocenters. The van der Waals surface area contributed by atoms with Gasteiger partial charge in [0.1, 0.15) is 0 Å². The molecule has 1 aromatic heterocycles. The van der Waals surface area contributed by atoms with Gasteiger partial charge in [0, 0.05) is 0 Å². The Hall–Kier alpha value is -1.06. The first-order valence-corrected chi connectivity index (χ1v) is 3.78. The molecule has 11 heavy (non-hydrogen) atoms. The zero-order valence-corrected chi connectivity index (χ0v) is 7.15. The summed E-state index contributed by atoms with van der Waals surface area (Å²) in [4.78, 5) is 1.65. The van der Waals surface area contributed by atoms with Crippen molar-refractivity contribution in [3.8, 4) is 0 Å². The maximum Gasteiger partial charge on any atom is 0.165 e. The van der Waals surface area contributed by atoms with E-state index in [2.05, 4.69) is 31.0 Å². The van der Waals surface area contributed by atoms with Crippen LogP contribution in [0.4, 0.5) is 5.82 Å². The Labute approximate surface area is 66.4 Å². The van der Waals surface area contributed by atoms with Crippen LogP contribution >= 0.6 is 0 Å². The maximum atomic E-state index is 5.42. The van der Waals surface area contributed by atoms with Gasteiger partial charge in [-0.3, -0.25) is 0 Å². The van der Waals surface area contributed by atoms with Crippen LogP contribution in [0.5, 0.6) is 0 Å². The number of rotatable bonds is 2. The van der Waals surface area contributed by atoms with E-state index >= 15 is 0 Å². The molecule has 62 valence electrons. The molecule has 0 radical (unpaired) electrons. The van der Waals surface area contributed by atoms with E-state index in [1.165, 1.54) is 0 Å². The van der Waals surface area contributed by atoms with Gasteiger partial charge in [-0.15, -0.1) is 5.10 Å². The van der Waals surface area contributed by atoms with Crippen molar-refractivity contribution < 1.29 is 0 Å². The molecule has 0 aliphatic heterocycles. The molecule has 0 amide bonds. The summed E-state index contributed by atoms with van der Waals surface area (Å²) in [6, 6.07) is 0.312. The van der Waals surface area contributed by atoms with Crippen LogP contribution in [0.15, 0.2) is 6.20 Å². The summed E-state index contributed by atoms with van der Waals surface area (Å²) in [6.07, 6.45) is 1.57. The minimum atomic E-state index is 0.312. The molecule has 0 spiro atoms. The van der Waals surface area contributed by atoms with Crippen LogP contribution in [0, 0.1) is 5.92 Å². The number of aromatic nitrogens is 3. The van der Waals surface area contributed by atoms with Crippen LogP contribution in [0.1, 0.15) is 26.8 Å². The maximum absolute atomic E-state index is 5.42. The van der Waals surface area contributed by atoms with Crippen molar-refractivity contribution in [2.24, 2.45) is 5.92 Å². The van der Waals surface area contributed by atoms with Gasteiger partial charge >= 0.3 is 0 Å². The fourth-order valence-electron chi connectivity index (χ4n) is 0.751. The molecule has 1 aromatic rings. The van der Waals surface area contributed by atoms with E-state index < -0.39 is 0 Å². The summed E-state index contributed by atoms with van der Waals surface area (Å²) < 4.78 is 0. The van der Waals surface area contributed by atoms with E-state index in [0.717, 1.165) is 0 Å². The zero-order chi connectivity index (χ0) is 8.43. The van der Waals surface area contributed by atoms with Crippen molar-refractivity contribution in [2.45, 2.75) is 26.8 Å². The van der Waals surface area contributed by atoms with Crippen molar-refractivity contribution in [1.82, 2.24) is 15.0 Å². The predicted octanol–water partition coefficient (Wildman–Crippen LogP) is 1.08. The highest BCUT2D eigenvalue weighted by Crippen LogP contribution is 2.13. The third-order valence-electron chi connectivity index (χ3n) is 1.86. The van der Waals surface area contributed by atoms with Crippen LogP contribution in [0.2, 0.25) is 0 Å². The summed E-state index contributed by atoms with van der Waals surface area (Å²) in [6.45, 7) is 6.33. The summed E-state index contributed by atoms with van der Waals surface area (Å²) in [5.41, 5.74) is 5.42. The average molecular weight is 154 g/mol. The number of hydrogen-bond acceptors (Lipinski definition) is 3. The Morgan fingerprint density at radius 2 is 2.09 bits per heavy atom. The summed E-state index contributed by atoms with van der Waals surface area (Å²) in [5.74, 6) is 1.01. The highest BCUT2D eigenvalue weighted by molar-refractivity contribution is 5.19. The van der Waals surface area contributed by atoms with E-state index in [9.17, 15) is 0 Å². The Kier molecular flexibility index (Phi) is 2.12. The fraction of sp³-hybridized carbons (Fsp3) is 0.714. The summed E-state index contributed by atoms with van der Waals surface area (Å²) in [5, 5.41) is 8.03. The number of nitrogens with zero attached hydrogens (tertiary/aromatic N) is 3. The normalized spacial score (nSPS) is 13.8. The fourth-order valence-corrected chi connectivity index (χ4v) is 0.751. The van der Waals surface area contributed by atoms with Crippen molar-refractivity contribution in [1.29, 1.82) is 0 Å². The van der Waals surface area contributed by atoms with E-state index in [1.807, 2.05) is 0 Å². The molecule has 0 saturated carbocycles. The standard InChI is InChI=1S/C7H14N4/c1-5(2)6(3)11-9-4-7(8)10-11/h4-6H,1-3H3,(H2,8,10). The van der Waals surface area contributed by atoms with Gasteiger partial charge in [-0.2, -0.15) is 9.90 Å². The molecule has 0 aromatic carbocycles. The van der Waals surface area contributed by atoms with Crippen LogP contribution in [-0.4, -0.2) is 15.0 Å². The predicted molar refractivity (Wildman–Crippen MR) is 44.0 cm³/mol. The second-order valence-electron chi connectivity index (χ2n) is 3.07. The minimum Gasteiger partial charge on any atom is -0.381 e. The molecular formula is C7H14N4. The average Bonchev–Trinajstić information content (AvgIpc) is 2.34. The second kappa shape index (κ2) is 2.90.